The van der Waals surface area contributed by atoms with Gasteiger partial charge in [0.25, 0.3) is 0 Å². The van der Waals surface area contributed by atoms with E-state index < -0.39 is 25.4 Å². The van der Waals surface area contributed by atoms with Gasteiger partial charge in [0.2, 0.25) is 0 Å². The van der Waals surface area contributed by atoms with Crippen LogP contribution in [0.2, 0.25) is 0 Å². The van der Waals surface area contributed by atoms with Crippen molar-refractivity contribution in [2.24, 2.45) is 0 Å². The van der Waals surface area contributed by atoms with Crippen molar-refractivity contribution in [3.8, 4) is 0 Å². The number of anilines is 2. The van der Waals surface area contributed by atoms with Gasteiger partial charge >= 0.3 is 283 Å². The van der Waals surface area contributed by atoms with Crippen LogP contribution in [0.3, 0.4) is 0 Å². The summed E-state index contributed by atoms with van der Waals surface area (Å²) in [5, 5.41) is 0. The quantitative estimate of drug-likeness (QED) is 0.0972. The first-order chi connectivity index (χ1) is 48.7. The Bertz CT molecular complexity index is 2790. The van der Waals surface area contributed by atoms with E-state index >= 15 is 0 Å². The van der Waals surface area contributed by atoms with Gasteiger partial charge in [0, 0.05) is 23.8 Å². The van der Waals surface area contributed by atoms with Gasteiger partial charge in [0.05, 0.1) is 50.9 Å². The summed E-state index contributed by atoms with van der Waals surface area (Å²) in [5.74, 6) is 0. The first kappa shape index (κ1) is 82.3. The monoisotopic (exact) mass is 1670 g/mol. The Kier molecular flexibility index (Phi) is 36.1. The van der Waals surface area contributed by atoms with E-state index in [9.17, 15) is 0 Å². The van der Waals surface area contributed by atoms with Crippen LogP contribution in [0, 0.1) is 41.5 Å². The zero-order valence-electron chi connectivity index (χ0n) is 63.8. The minimum absolute atomic E-state index is 0.0465. The van der Waals surface area contributed by atoms with Gasteiger partial charge in [-0.1, -0.05) is 57.8 Å². The van der Waals surface area contributed by atoms with Crippen molar-refractivity contribution >= 4 is 87.5 Å². The molecular weight excluding hydrogens is 1530 g/mol. The van der Waals surface area contributed by atoms with Gasteiger partial charge in [0.15, 0.2) is 0 Å². The van der Waals surface area contributed by atoms with E-state index in [0.29, 0.717) is 0 Å². The molecule has 4 aromatic carbocycles. The van der Waals surface area contributed by atoms with Crippen molar-refractivity contribution in [1.29, 1.82) is 0 Å². The molecule has 2 nitrogen and oxygen atoms in total. The average molecular weight is 1670 g/mol. The predicted molar refractivity (Wildman–Crippen MR) is 454 cm³/mol. The summed E-state index contributed by atoms with van der Waals surface area (Å²) in [6.45, 7) is 14.8. The first-order valence-corrected chi connectivity index (χ1v) is 58.8. The summed E-state index contributed by atoms with van der Waals surface area (Å²) in [7, 11) is 26.0. The summed E-state index contributed by atoms with van der Waals surface area (Å²) >= 11 is -5.06. The van der Waals surface area contributed by atoms with Gasteiger partial charge in [-0.25, -0.2) is 0 Å². The molecule has 4 aromatic rings. The van der Waals surface area contributed by atoms with E-state index in [0.717, 1.165) is 28.6 Å². The summed E-state index contributed by atoms with van der Waals surface area (Å²) < 4.78 is 5.11. The second-order valence-corrected chi connectivity index (χ2v) is 58.6. The third-order valence-corrected chi connectivity index (χ3v) is 46.8. The van der Waals surface area contributed by atoms with Crippen molar-refractivity contribution in [3.63, 3.8) is 0 Å². The molecule has 14 rings (SSSR count). The Hall–Kier alpha value is -0.213. The van der Waals surface area contributed by atoms with Crippen LogP contribution in [0.5, 0.6) is 0 Å². The molecule has 100 heavy (non-hydrogen) atoms. The van der Waals surface area contributed by atoms with Crippen LogP contribution in [0.15, 0.2) is 84.9 Å². The summed E-state index contributed by atoms with van der Waals surface area (Å²) in [4.78, 5) is 4.79. The van der Waals surface area contributed by atoms with E-state index in [1.54, 1.807) is 289 Å². The summed E-state index contributed by atoms with van der Waals surface area (Å²) in [6, 6.07) is 29.1. The van der Waals surface area contributed by atoms with Crippen molar-refractivity contribution in [1.82, 2.24) is 0 Å². The molecule has 562 valence electrons. The molecule has 0 N–H and O–H groups in total. The van der Waals surface area contributed by atoms with Crippen LogP contribution in [0.25, 0.3) is 0 Å². The third-order valence-electron chi connectivity index (χ3n) is 25.7. The molecule has 1 aliphatic heterocycles. The normalized spacial score (nSPS) is 22.4. The van der Waals surface area contributed by atoms with Crippen LogP contribution in [-0.2, 0) is 25.4 Å². The molecule has 11 heteroatoms. The number of benzene rings is 4. The molecule has 0 unspecified atom stereocenters. The topological polar surface area (TPSA) is 6.48 Å². The maximum atomic E-state index is 7.40. The SMILES string of the molecule is C1CCC([PH+](C2CCCCC2)C2CCCCC2)CC1.C1CCC([PH+](C2CCCCC2)C2CCCCC2)CC1.C1CCC([PH+](C2CCCCC2)C2CCCCC2)CC1.Cc1cc(C)c(N2CCN(c3c(C)cc(C)cc3C)[C]2=[Ru]([Cl])([Cl])=[CH]c2ccccc2)c(C)c1.[Cl][Ru]([Cl])=[CH]c1ccccc1. The van der Waals surface area contributed by atoms with Gasteiger partial charge in [-0.15, -0.1) is 0 Å². The number of nitrogens with zero attached hydrogens (tertiary/aromatic N) is 2. The van der Waals surface area contributed by atoms with Crippen LogP contribution >= 0.6 is 62.5 Å². The Morgan fingerprint density at radius 2 is 0.530 bits per heavy atom. The maximum absolute atomic E-state index is 7.40. The van der Waals surface area contributed by atoms with E-state index in [1.165, 1.54) is 95.7 Å². The standard InChI is InChI=1S/C21H26N2.3C18H33P.2C7H6.4ClH.2Ru/c1-14-9-16(3)20(17(4)10-14)22-7-8-23(13-22)21-18(5)11-15(2)12-19(21)6;3*1-4-10-16(11-5-1)19(17-12-6-2-7-13-17)18-14-8-3-9-15-18;2*1-7-5-3-2-4-6-7;;;;;;/h9-12H,7-8H2,1-6H3;3*16-18H,1-15H2;2*1-6H;4*1H;;/q;;;;;;;;;;2*+2/p-1. The summed E-state index contributed by atoms with van der Waals surface area (Å²) in [6.07, 6.45) is 71.4. The second kappa shape index (κ2) is 43.8. The number of rotatable bonds is 13. The Morgan fingerprint density at radius 1 is 0.320 bits per heavy atom. The molecule has 0 atom stereocenters. The van der Waals surface area contributed by atoms with E-state index in [4.69, 9.17) is 38.8 Å². The third kappa shape index (κ3) is 24.9. The Labute approximate surface area is 640 Å². The predicted octanol–water partition coefficient (Wildman–Crippen LogP) is 28.6. The average Bonchev–Trinajstić information content (AvgIpc) is 1.56. The number of halogens is 4. The van der Waals surface area contributed by atoms with E-state index in [2.05, 4.69) is 92.3 Å². The van der Waals surface area contributed by atoms with Gasteiger partial charge in [0.1, 0.15) is 0 Å². The van der Waals surface area contributed by atoms with E-state index in [1.807, 2.05) is 53.1 Å². The first-order valence-electron chi connectivity index (χ1n) is 41.8. The molecule has 1 saturated heterocycles. The molecule has 0 spiro atoms. The Morgan fingerprint density at radius 3 is 0.740 bits per heavy atom. The van der Waals surface area contributed by atoms with Crippen molar-refractivity contribution in [2.75, 3.05) is 22.9 Å². The molecule has 0 amide bonds. The van der Waals surface area contributed by atoms with Crippen molar-refractivity contribution < 1.29 is 25.4 Å². The fourth-order valence-corrected chi connectivity index (χ4v) is 45.2. The van der Waals surface area contributed by atoms with Crippen molar-refractivity contribution in [2.45, 2.75) is 381 Å². The van der Waals surface area contributed by atoms with Crippen LogP contribution < -0.4 is 9.80 Å². The van der Waals surface area contributed by atoms with Gasteiger partial charge < -0.3 is 0 Å². The van der Waals surface area contributed by atoms with Gasteiger partial charge in [-0.05, 0) is 231 Å². The fourth-order valence-electron chi connectivity index (χ4n) is 21.6. The molecule has 10 fully saturated rings. The summed E-state index contributed by atoms with van der Waals surface area (Å²) in [5.41, 5.74) is 23.3. The molecular formula is C89H140Cl4N2P3Ru2+3. The zero-order chi connectivity index (χ0) is 70.1. The Balaban J connectivity index is 0.000000141. The van der Waals surface area contributed by atoms with Crippen LogP contribution in [-0.4, -0.2) is 77.6 Å². The molecule has 0 bridgehead atoms. The van der Waals surface area contributed by atoms with Crippen LogP contribution in [0.1, 0.15) is 333 Å². The minimum atomic E-state index is -3.44. The van der Waals surface area contributed by atoms with Gasteiger partial charge in [-0.2, -0.15) is 0 Å². The van der Waals surface area contributed by atoms with Crippen molar-refractivity contribution in [3.05, 3.63) is 129 Å². The number of hydrogen-bond donors (Lipinski definition) is 0. The molecule has 0 radical (unpaired) electrons. The van der Waals surface area contributed by atoms with E-state index in [-0.39, 0.29) is 23.8 Å². The van der Waals surface area contributed by atoms with Crippen LogP contribution in [0.4, 0.5) is 11.4 Å². The molecule has 9 aliphatic carbocycles. The fraction of sp³-hybridized carbons (Fsp3) is 0.697. The molecule has 0 aromatic heterocycles. The number of hydrogen-bond acceptors (Lipinski definition) is 2. The second-order valence-electron chi connectivity index (χ2n) is 33.2. The molecule has 9 saturated carbocycles. The molecule has 10 aliphatic rings. The number of aryl methyl sites for hydroxylation is 6. The zero-order valence-corrected chi connectivity index (χ0v) is 73.3. The van der Waals surface area contributed by atoms with Gasteiger partial charge in [-0.3, -0.25) is 0 Å². The molecule has 1 heterocycles.